The lowest BCUT2D eigenvalue weighted by atomic mass is 10.1. The molecular weight excluding hydrogens is 412 g/mol. The number of hydrogen-bond acceptors (Lipinski definition) is 5. The zero-order chi connectivity index (χ0) is 22.3. The van der Waals surface area contributed by atoms with Crippen LogP contribution in [0.4, 0.5) is 0 Å². The van der Waals surface area contributed by atoms with Gasteiger partial charge in [-0.05, 0) is 43.5 Å². The number of unbranched alkanes of at least 4 members (excludes halogenated alkanes) is 3. The number of carboxylic acids is 2. The van der Waals surface area contributed by atoms with Gasteiger partial charge in [-0.25, -0.2) is 13.2 Å². The van der Waals surface area contributed by atoms with Gasteiger partial charge in [-0.1, -0.05) is 32.6 Å². The molecule has 2 atom stereocenters. The SMILES string of the molecule is CCCCCCC(NC(=O)c1ccc(S(=O)(=O)N2CCC[C@@H]2C(=O)O)cc1)C(=O)O. The van der Waals surface area contributed by atoms with Crippen molar-refractivity contribution in [2.24, 2.45) is 0 Å². The van der Waals surface area contributed by atoms with Gasteiger partial charge in [-0.15, -0.1) is 0 Å². The number of carbonyl (C=O) groups excluding carboxylic acids is 1. The Labute approximate surface area is 176 Å². The highest BCUT2D eigenvalue weighted by molar-refractivity contribution is 7.89. The molecule has 1 aliphatic rings. The number of sulfonamides is 1. The molecule has 1 fully saturated rings. The molecule has 1 saturated heterocycles. The quantitative estimate of drug-likeness (QED) is 0.447. The Balaban J connectivity index is 2.07. The largest absolute Gasteiger partial charge is 0.480 e. The molecule has 30 heavy (non-hydrogen) atoms. The maximum atomic E-state index is 12.8. The molecule has 0 saturated carbocycles. The number of rotatable bonds is 11. The van der Waals surface area contributed by atoms with Crippen LogP contribution in [0, 0.1) is 0 Å². The molecule has 0 spiro atoms. The topological polar surface area (TPSA) is 141 Å². The lowest BCUT2D eigenvalue weighted by Crippen LogP contribution is -2.41. The van der Waals surface area contributed by atoms with Crippen molar-refractivity contribution in [1.82, 2.24) is 9.62 Å². The first-order valence-corrected chi connectivity index (χ1v) is 11.5. The number of nitrogens with one attached hydrogen (secondary N) is 1. The van der Waals surface area contributed by atoms with Crippen molar-refractivity contribution in [1.29, 1.82) is 0 Å². The molecular formula is C20H28N2O7S. The molecule has 1 aromatic carbocycles. The van der Waals surface area contributed by atoms with Crippen LogP contribution in [0.1, 0.15) is 62.2 Å². The van der Waals surface area contributed by atoms with E-state index in [2.05, 4.69) is 5.32 Å². The van der Waals surface area contributed by atoms with E-state index < -0.39 is 40.0 Å². The second-order valence-corrected chi connectivity index (χ2v) is 9.24. The first-order chi connectivity index (χ1) is 14.2. The number of nitrogens with zero attached hydrogens (tertiary/aromatic N) is 1. The minimum absolute atomic E-state index is 0.110. The van der Waals surface area contributed by atoms with Gasteiger partial charge in [-0.2, -0.15) is 4.31 Å². The van der Waals surface area contributed by atoms with Crippen molar-refractivity contribution in [2.45, 2.75) is 68.8 Å². The van der Waals surface area contributed by atoms with E-state index in [9.17, 15) is 33.0 Å². The van der Waals surface area contributed by atoms with E-state index in [1.165, 1.54) is 24.3 Å². The Morgan fingerprint density at radius 3 is 2.37 bits per heavy atom. The van der Waals surface area contributed by atoms with Crippen LogP contribution in [0.3, 0.4) is 0 Å². The molecule has 0 bridgehead atoms. The minimum Gasteiger partial charge on any atom is -0.480 e. The van der Waals surface area contributed by atoms with Gasteiger partial charge in [-0.3, -0.25) is 9.59 Å². The van der Waals surface area contributed by atoms with Gasteiger partial charge in [0.2, 0.25) is 10.0 Å². The standard InChI is InChI=1S/C20H28N2O7S/c1-2-3-4-5-7-16(19(24)25)21-18(23)14-9-11-15(12-10-14)30(28,29)22-13-6-8-17(22)20(26)27/h9-12,16-17H,2-8,13H2,1H3,(H,21,23)(H,24,25)(H,26,27)/t16?,17-/m1/s1. The summed E-state index contributed by atoms with van der Waals surface area (Å²) in [5, 5.41) is 21.0. The summed E-state index contributed by atoms with van der Waals surface area (Å²) in [6.07, 6.45) is 4.62. The van der Waals surface area contributed by atoms with Crippen LogP contribution in [0.15, 0.2) is 29.2 Å². The van der Waals surface area contributed by atoms with E-state index in [-0.39, 0.29) is 23.4 Å². The smallest absolute Gasteiger partial charge is 0.326 e. The molecule has 1 heterocycles. The average Bonchev–Trinajstić information content (AvgIpc) is 3.21. The summed E-state index contributed by atoms with van der Waals surface area (Å²) < 4.78 is 26.5. The highest BCUT2D eigenvalue weighted by atomic mass is 32.2. The summed E-state index contributed by atoms with van der Waals surface area (Å²) in [6.45, 7) is 2.17. The third-order valence-electron chi connectivity index (χ3n) is 5.16. The van der Waals surface area contributed by atoms with Crippen LogP contribution in [0.25, 0.3) is 0 Å². The van der Waals surface area contributed by atoms with Crippen LogP contribution >= 0.6 is 0 Å². The minimum atomic E-state index is -4.00. The average molecular weight is 441 g/mol. The van der Waals surface area contributed by atoms with Crippen LogP contribution < -0.4 is 5.32 Å². The first kappa shape index (κ1) is 23.8. The van der Waals surface area contributed by atoms with E-state index >= 15 is 0 Å². The van der Waals surface area contributed by atoms with Crippen LogP contribution in [0.5, 0.6) is 0 Å². The molecule has 0 aromatic heterocycles. The molecule has 0 radical (unpaired) electrons. The number of benzene rings is 1. The van der Waals surface area contributed by atoms with E-state index in [1.54, 1.807) is 0 Å². The molecule has 10 heteroatoms. The fourth-order valence-electron chi connectivity index (χ4n) is 3.46. The highest BCUT2D eigenvalue weighted by Gasteiger charge is 2.39. The van der Waals surface area contributed by atoms with Crippen molar-refractivity contribution >= 4 is 27.9 Å². The maximum absolute atomic E-state index is 12.8. The number of carbonyl (C=O) groups is 3. The third kappa shape index (κ3) is 5.79. The van der Waals surface area contributed by atoms with Crippen molar-refractivity contribution in [3.8, 4) is 0 Å². The van der Waals surface area contributed by atoms with Crippen molar-refractivity contribution in [3.63, 3.8) is 0 Å². The first-order valence-electron chi connectivity index (χ1n) is 10.1. The van der Waals surface area contributed by atoms with E-state index in [0.29, 0.717) is 19.3 Å². The maximum Gasteiger partial charge on any atom is 0.326 e. The summed E-state index contributed by atoms with van der Waals surface area (Å²) in [4.78, 5) is 35.0. The normalized spacial score (nSPS) is 18.1. The summed E-state index contributed by atoms with van der Waals surface area (Å²) in [5.41, 5.74) is 0.130. The lowest BCUT2D eigenvalue weighted by Gasteiger charge is -2.21. The van der Waals surface area contributed by atoms with Crippen molar-refractivity contribution in [2.75, 3.05) is 6.54 Å². The molecule has 1 aliphatic heterocycles. The predicted octanol–water partition coefficient (Wildman–Crippen LogP) is 2.08. The molecule has 1 aromatic rings. The fourth-order valence-corrected chi connectivity index (χ4v) is 5.11. The van der Waals surface area contributed by atoms with Gasteiger partial charge in [0, 0.05) is 12.1 Å². The summed E-state index contributed by atoms with van der Waals surface area (Å²) in [5.74, 6) is -2.91. The Hall–Kier alpha value is -2.46. The molecule has 1 unspecified atom stereocenters. The Bertz CT molecular complexity index is 868. The van der Waals surface area contributed by atoms with E-state index in [0.717, 1.165) is 23.6 Å². The second kappa shape index (κ2) is 10.5. The van der Waals surface area contributed by atoms with Gasteiger partial charge < -0.3 is 15.5 Å². The van der Waals surface area contributed by atoms with Crippen LogP contribution in [-0.4, -0.2) is 59.4 Å². The molecule has 3 N–H and O–H groups in total. The third-order valence-corrected chi connectivity index (χ3v) is 7.08. The summed E-state index contributed by atoms with van der Waals surface area (Å²) in [7, 11) is -4.00. The summed E-state index contributed by atoms with van der Waals surface area (Å²) >= 11 is 0. The number of aliphatic carboxylic acids is 2. The van der Waals surface area contributed by atoms with Crippen molar-refractivity contribution < 1.29 is 33.0 Å². The van der Waals surface area contributed by atoms with Gasteiger partial charge in [0.15, 0.2) is 0 Å². The number of amides is 1. The van der Waals surface area contributed by atoms with Crippen LogP contribution in [0.2, 0.25) is 0 Å². The predicted molar refractivity (Wildman–Crippen MR) is 109 cm³/mol. The number of carboxylic acid groups (broad SMARTS) is 2. The molecule has 166 valence electrons. The lowest BCUT2D eigenvalue weighted by molar-refractivity contribution is -0.141. The monoisotopic (exact) mass is 440 g/mol. The fraction of sp³-hybridized carbons (Fsp3) is 0.550. The molecule has 9 nitrogen and oxygen atoms in total. The van der Waals surface area contributed by atoms with Gasteiger partial charge >= 0.3 is 11.9 Å². The second-order valence-electron chi connectivity index (χ2n) is 7.35. The van der Waals surface area contributed by atoms with Gasteiger partial charge in [0.1, 0.15) is 12.1 Å². The Morgan fingerprint density at radius 1 is 1.13 bits per heavy atom. The Morgan fingerprint density at radius 2 is 1.80 bits per heavy atom. The zero-order valence-electron chi connectivity index (χ0n) is 16.9. The van der Waals surface area contributed by atoms with Gasteiger partial charge in [0.05, 0.1) is 4.90 Å². The molecule has 2 rings (SSSR count). The molecule has 0 aliphatic carbocycles. The van der Waals surface area contributed by atoms with Crippen molar-refractivity contribution in [3.05, 3.63) is 29.8 Å². The zero-order valence-corrected chi connectivity index (χ0v) is 17.7. The van der Waals surface area contributed by atoms with E-state index in [4.69, 9.17) is 0 Å². The van der Waals surface area contributed by atoms with E-state index in [1.807, 2.05) is 6.92 Å². The molecule has 1 amide bonds. The highest BCUT2D eigenvalue weighted by Crippen LogP contribution is 2.26. The van der Waals surface area contributed by atoms with Gasteiger partial charge in [0.25, 0.3) is 5.91 Å². The summed E-state index contributed by atoms with van der Waals surface area (Å²) in [6, 6.07) is 2.95. The van der Waals surface area contributed by atoms with Crippen LogP contribution in [-0.2, 0) is 19.6 Å². The Kier molecular flexibility index (Phi) is 8.36. The number of hydrogen-bond donors (Lipinski definition) is 3.